The number of aromatic nitrogens is 2. The summed E-state index contributed by atoms with van der Waals surface area (Å²) in [6, 6.07) is 7.19. The molecule has 0 bridgehead atoms. The van der Waals surface area contributed by atoms with Crippen molar-refractivity contribution in [3.8, 4) is 0 Å². The Morgan fingerprint density at radius 2 is 1.85 bits per heavy atom. The van der Waals surface area contributed by atoms with E-state index in [1.807, 2.05) is 26.0 Å². The van der Waals surface area contributed by atoms with E-state index in [1.165, 1.54) is 11.8 Å². The van der Waals surface area contributed by atoms with Gasteiger partial charge in [-0.25, -0.2) is 0 Å². The molecule has 0 radical (unpaired) electrons. The van der Waals surface area contributed by atoms with E-state index in [0.717, 1.165) is 10.6 Å². The Bertz CT molecular complexity index is 805. The Morgan fingerprint density at radius 3 is 2.38 bits per heavy atom. The zero-order chi connectivity index (χ0) is 19.4. The summed E-state index contributed by atoms with van der Waals surface area (Å²) in [6.45, 7) is 6.96. The molecule has 0 aliphatic carbocycles. The van der Waals surface area contributed by atoms with Crippen LogP contribution in [0, 0.1) is 13.8 Å². The first kappa shape index (κ1) is 20.3. The van der Waals surface area contributed by atoms with Crippen LogP contribution in [-0.2, 0) is 21.4 Å². The number of nitrogens with one attached hydrogen (secondary N) is 1. The van der Waals surface area contributed by atoms with E-state index in [1.54, 1.807) is 37.7 Å². The Kier molecular flexibility index (Phi) is 6.72. The fraction of sp³-hybridized carbons (Fsp3) is 0.389. The lowest BCUT2D eigenvalue weighted by Gasteiger charge is -2.16. The molecule has 0 unspecified atom stereocenters. The van der Waals surface area contributed by atoms with Crippen LogP contribution in [0.25, 0.3) is 0 Å². The van der Waals surface area contributed by atoms with Crippen LogP contribution < -0.4 is 5.32 Å². The SMILES string of the molecule is Cc1nn(C)c(C)c1NC(=O)[C@@H](C)OC(=O)[C@@H](C)Sc1ccc(Cl)cc1. The standard InChI is InChI=1S/C18H22ClN3O3S/c1-10-16(11(2)22(5)21-10)20-17(23)12(3)25-18(24)13(4)26-15-8-6-14(19)7-9-15/h6-9,12-13H,1-5H3,(H,20,23)/t12-,13-/m1/s1. The number of carbonyl (C=O) groups is 2. The molecule has 2 atom stereocenters. The van der Waals surface area contributed by atoms with Crippen LogP contribution in [0.1, 0.15) is 25.2 Å². The molecule has 1 aromatic carbocycles. The van der Waals surface area contributed by atoms with E-state index in [9.17, 15) is 9.59 Å². The van der Waals surface area contributed by atoms with Gasteiger partial charge in [-0.1, -0.05) is 11.6 Å². The van der Waals surface area contributed by atoms with Crippen LogP contribution in [0.4, 0.5) is 5.69 Å². The highest BCUT2D eigenvalue weighted by Crippen LogP contribution is 2.26. The minimum atomic E-state index is -0.908. The van der Waals surface area contributed by atoms with Crippen molar-refractivity contribution in [2.45, 2.75) is 43.9 Å². The molecule has 140 valence electrons. The van der Waals surface area contributed by atoms with E-state index in [0.29, 0.717) is 16.4 Å². The Morgan fingerprint density at radius 1 is 1.23 bits per heavy atom. The summed E-state index contributed by atoms with van der Waals surface area (Å²) in [6.07, 6.45) is -0.908. The number of hydrogen-bond donors (Lipinski definition) is 1. The van der Waals surface area contributed by atoms with E-state index >= 15 is 0 Å². The van der Waals surface area contributed by atoms with Gasteiger partial charge in [0.2, 0.25) is 0 Å². The molecular weight excluding hydrogens is 374 g/mol. The molecule has 6 nitrogen and oxygen atoms in total. The van der Waals surface area contributed by atoms with E-state index in [2.05, 4.69) is 10.4 Å². The number of hydrogen-bond acceptors (Lipinski definition) is 5. The minimum absolute atomic E-state index is 0.388. The van der Waals surface area contributed by atoms with Crippen molar-refractivity contribution >= 4 is 40.9 Å². The third-order valence-corrected chi connectivity index (χ3v) is 5.22. The van der Waals surface area contributed by atoms with Crippen molar-refractivity contribution < 1.29 is 14.3 Å². The molecule has 1 aromatic heterocycles. The third kappa shape index (κ3) is 5.02. The number of esters is 1. The minimum Gasteiger partial charge on any atom is -0.452 e. The number of thioether (sulfide) groups is 1. The first-order valence-corrected chi connectivity index (χ1v) is 9.38. The molecule has 0 aliphatic heterocycles. The number of rotatable bonds is 6. The number of benzene rings is 1. The highest BCUT2D eigenvalue weighted by atomic mass is 35.5. The topological polar surface area (TPSA) is 73.2 Å². The molecule has 1 N–H and O–H groups in total. The van der Waals surface area contributed by atoms with Crippen LogP contribution in [0.5, 0.6) is 0 Å². The molecule has 2 rings (SSSR count). The number of nitrogens with zero attached hydrogens (tertiary/aromatic N) is 2. The fourth-order valence-electron chi connectivity index (χ4n) is 2.27. The molecule has 0 saturated heterocycles. The quantitative estimate of drug-likeness (QED) is 0.595. The number of halogens is 1. The largest absolute Gasteiger partial charge is 0.452 e. The van der Waals surface area contributed by atoms with E-state index < -0.39 is 17.3 Å². The zero-order valence-corrected chi connectivity index (χ0v) is 16.9. The predicted molar refractivity (Wildman–Crippen MR) is 104 cm³/mol. The normalized spacial score (nSPS) is 13.2. The second kappa shape index (κ2) is 8.60. The molecule has 1 amide bonds. The molecular formula is C18H22ClN3O3S. The van der Waals surface area contributed by atoms with Crippen molar-refractivity contribution in [1.29, 1.82) is 0 Å². The molecule has 0 spiro atoms. The monoisotopic (exact) mass is 395 g/mol. The average Bonchev–Trinajstić information content (AvgIpc) is 2.82. The molecule has 0 aliphatic rings. The van der Waals surface area contributed by atoms with Gasteiger partial charge in [-0.05, 0) is 52.0 Å². The van der Waals surface area contributed by atoms with Crippen molar-refractivity contribution in [1.82, 2.24) is 9.78 Å². The van der Waals surface area contributed by atoms with Gasteiger partial charge in [0.05, 0.1) is 17.1 Å². The van der Waals surface area contributed by atoms with Crippen LogP contribution in [0.3, 0.4) is 0 Å². The van der Waals surface area contributed by atoms with Gasteiger partial charge in [-0.3, -0.25) is 14.3 Å². The Hall–Kier alpha value is -1.99. The van der Waals surface area contributed by atoms with Gasteiger partial charge in [0, 0.05) is 17.0 Å². The van der Waals surface area contributed by atoms with Gasteiger partial charge in [-0.2, -0.15) is 5.10 Å². The summed E-state index contributed by atoms with van der Waals surface area (Å²) in [5, 5.41) is 7.21. The summed E-state index contributed by atoms with van der Waals surface area (Å²) in [5.74, 6) is -0.839. The number of amides is 1. The molecule has 26 heavy (non-hydrogen) atoms. The summed E-state index contributed by atoms with van der Waals surface area (Å²) < 4.78 is 6.99. The van der Waals surface area contributed by atoms with Gasteiger partial charge in [0.15, 0.2) is 6.10 Å². The van der Waals surface area contributed by atoms with Gasteiger partial charge in [0.25, 0.3) is 5.91 Å². The second-order valence-corrected chi connectivity index (χ2v) is 7.80. The molecule has 2 aromatic rings. The molecule has 8 heteroatoms. The van der Waals surface area contributed by atoms with Crippen LogP contribution >= 0.6 is 23.4 Å². The smallest absolute Gasteiger partial charge is 0.319 e. The zero-order valence-electron chi connectivity index (χ0n) is 15.4. The highest BCUT2D eigenvalue weighted by molar-refractivity contribution is 8.00. The van der Waals surface area contributed by atoms with Crippen molar-refractivity contribution in [3.63, 3.8) is 0 Å². The van der Waals surface area contributed by atoms with Gasteiger partial charge in [0.1, 0.15) is 5.25 Å². The number of carbonyl (C=O) groups excluding carboxylic acids is 2. The lowest BCUT2D eigenvalue weighted by atomic mass is 10.3. The third-order valence-electron chi connectivity index (χ3n) is 3.88. The molecule has 0 saturated carbocycles. The fourth-order valence-corrected chi connectivity index (χ4v) is 3.25. The van der Waals surface area contributed by atoms with Crippen molar-refractivity contribution in [2.24, 2.45) is 7.05 Å². The summed E-state index contributed by atoms with van der Waals surface area (Å²) in [4.78, 5) is 25.5. The van der Waals surface area contributed by atoms with Crippen LogP contribution in [0.2, 0.25) is 5.02 Å². The molecule has 0 fully saturated rings. The Balaban J connectivity index is 1.92. The summed E-state index contributed by atoms with van der Waals surface area (Å²) >= 11 is 7.20. The molecule has 1 heterocycles. The van der Waals surface area contributed by atoms with Gasteiger partial charge < -0.3 is 10.1 Å². The maximum Gasteiger partial charge on any atom is 0.319 e. The van der Waals surface area contributed by atoms with Gasteiger partial charge in [-0.15, -0.1) is 11.8 Å². The number of ether oxygens (including phenoxy) is 1. The average molecular weight is 396 g/mol. The number of aryl methyl sites for hydroxylation is 2. The summed E-state index contributed by atoms with van der Waals surface area (Å²) in [5.41, 5.74) is 2.19. The summed E-state index contributed by atoms with van der Waals surface area (Å²) in [7, 11) is 1.80. The Labute approximate surface area is 162 Å². The lowest BCUT2D eigenvalue weighted by molar-refractivity contribution is -0.152. The maximum absolute atomic E-state index is 12.3. The lowest BCUT2D eigenvalue weighted by Crippen LogP contribution is -2.32. The van der Waals surface area contributed by atoms with Crippen molar-refractivity contribution in [3.05, 3.63) is 40.7 Å². The van der Waals surface area contributed by atoms with Gasteiger partial charge >= 0.3 is 5.97 Å². The van der Waals surface area contributed by atoms with E-state index in [4.69, 9.17) is 16.3 Å². The maximum atomic E-state index is 12.3. The van der Waals surface area contributed by atoms with Crippen LogP contribution in [0.15, 0.2) is 29.2 Å². The van der Waals surface area contributed by atoms with Crippen LogP contribution in [-0.4, -0.2) is 33.0 Å². The van der Waals surface area contributed by atoms with Crippen molar-refractivity contribution in [2.75, 3.05) is 5.32 Å². The van der Waals surface area contributed by atoms with E-state index in [-0.39, 0.29) is 5.91 Å². The second-order valence-electron chi connectivity index (χ2n) is 5.95. The first-order chi connectivity index (χ1) is 12.2. The highest BCUT2D eigenvalue weighted by Gasteiger charge is 2.24. The first-order valence-electron chi connectivity index (χ1n) is 8.12. The number of anilines is 1. The predicted octanol–water partition coefficient (Wildman–Crippen LogP) is 3.74.